The van der Waals surface area contributed by atoms with Gasteiger partial charge >= 0.3 is 0 Å². The van der Waals surface area contributed by atoms with E-state index in [4.69, 9.17) is 0 Å². The fourth-order valence-corrected chi connectivity index (χ4v) is 3.06. The highest BCUT2D eigenvalue weighted by Gasteiger charge is 2.13. The Balaban J connectivity index is 2.10. The first-order chi connectivity index (χ1) is 7.16. The Labute approximate surface area is 97.2 Å². The molecule has 0 saturated carbocycles. The first-order valence-corrected chi connectivity index (χ1v) is 6.56. The van der Waals surface area contributed by atoms with Crippen molar-refractivity contribution in [2.45, 2.75) is 26.4 Å². The van der Waals surface area contributed by atoms with Gasteiger partial charge in [-0.3, -0.25) is 0 Å². The molecule has 80 valence electrons. The van der Waals surface area contributed by atoms with E-state index in [9.17, 15) is 5.11 Å². The van der Waals surface area contributed by atoms with E-state index in [1.165, 1.54) is 5.56 Å². The van der Waals surface area contributed by atoms with Crippen LogP contribution in [0, 0.1) is 13.8 Å². The molecule has 0 aromatic carbocycles. The van der Waals surface area contributed by atoms with Crippen molar-refractivity contribution in [3.05, 3.63) is 38.0 Å². The first-order valence-electron chi connectivity index (χ1n) is 4.80. The molecule has 2 aromatic heterocycles. The number of aromatic nitrogens is 1. The van der Waals surface area contributed by atoms with Gasteiger partial charge in [-0.15, -0.1) is 22.7 Å². The molecule has 1 unspecified atom stereocenters. The van der Waals surface area contributed by atoms with Crippen LogP contribution < -0.4 is 0 Å². The van der Waals surface area contributed by atoms with Gasteiger partial charge in [0.05, 0.1) is 16.8 Å². The Kier molecular flexibility index (Phi) is 3.19. The van der Waals surface area contributed by atoms with Crippen molar-refractivity contribution in [1.29, 1.82) is 0 Å². The molecule has 0 bridgehead atoms. The van der Waals surface area contributed by atoms with E-state index in [0.29, 0.717) is 6.42 Å². The standard InChI is InChI=1S/C11H13NOS2/c1-7-3-4-14-11(7)10(13)5-9-6-15-8(2)12-9/h3-4,6,10,13H,5H2,1-2H3. The number of aliphatic hydroxyl groups is 1. The normalized spacial score (nSPS) is 13.0. The smallest absolute Gasteiger partial charge is 0.0940 e. The van der Waals surface area contributed by atoms with Crippen molar-refractivity contribution in [1.82, 2.24) is 4.98 Å². The molecule has 0 radical (unpaired) electrons. The number of hydrogen-bond acceptors (Lipinski definition) is 4. The molecule has 2 nitrogen and oxygen atoms in total. The zero-order valence-corrected chi connectivity index (χ0v) is 10.4. The summed E-state index contributed by atoms with van der Waals surface area (Å²) in [6.07, 6.45) is 0.206. The summed E-state index contributed by atoms with van der Waals surface area (Å²) in [6, 6.07) is 2.04. The fraction of sp³-hybridized carbons (Fsp3) is 0.364. The lowest BCUT2D eigenvalue weighted by Gasteiger charge is -2.07. The zero-order valence-electron chi connectivity index (χ0n) is 8.73. The summed E-state index contributed by atoms with van der Waals surface area (Å²) in [5.41, 5.74) is 2.15. The monoisotopic (exact) mass is 239 g/mol. The Bertz CT molecular complexity index is 447. The van der Waals surface area contributed by atoms with Crippen LogP contribution in [0.5, 0.6) is 0 Å². The summed E-state index contributed by atoms with van der Waals surface area (Å²) in [5.74, 6) is 0. The number of thiazole rings is 1. The largest absolute Gasteiger partial charge is 0.387 e. The zero-order chi connectivity index (χ0) is 10.8. The third kappa shape index (κ3) is 2.45. The maximum absolute atomic E-state index is 10.0. The van der Waals surface area contributed by atoms with Gasteiger partial charge in [-0.1, -0.05) is 0 Å². The Hall–Kier alpha value is -0.710. The maximum atomic E-state index is 10.0. The molecule has 0 spiro atoms. The van der Waals surface area contributed by atoms with Crippen LogP contribution in [0.4, 0.5) is 0 Å². The molecule has 2 rings (SSSR count). The van der Waals surface area contributed by atoms with Crippen molar-refractivity contribution in [2.24, 2.45) is 0 Å². The quantitative estimate of drug-likeness (QED) is 0.893. The van der Waals surface area contributed by atoms with Gasteiger partial charge in [-0.2, -0.15) is 0 Å². The Morgan fingerprint density at radius 1 is 1.40 bits per heavy atom. The van der Waals surface area contributed by atoms with E-state index in [1.807, 2.05) is 30.7 Å². The highest BCUT2D eigenvalue weighted by molar-refractivity contribution is 7.10. The molecule has 0 aliphatic rings. The van der Waals surface area contributed by atoms with E-state index in [1.54, 1.807) is 22.7 Å². The lowest BCUT2D eigenvalue weighted by atomic mass is 10.1. The summed E-state index contributed by atoms with van der Waals surface area (Å²) in [5, 5.41) is 15.1. The predicted molar refractivity (Wildman–Crippen MR) is 64.6 cm³/mol. The number of aryl methyl sites for hydroxylation is 2. The lowest BCUT2D eigenvalue weighted by molar-refractivity contribution is 0.180. The molecule has 1 atom stereocenters. The first kappa shape index (κ1) is 10.8. The van der Waals surface area contributed by atoms with Crippen LogP contribution in [-0.2, 0) is 6.42 Å². The van der Waals surface area contributed by atoms with Crippen LogP contribution in [0.2, 0.25) is 0 Å². The molecule has 0 saturated heterocycles. The molecule has 15 heavy (non-hydrogen) atoms. The van der Waals surface area contributed by atoms with Gasteiger partial charge in [0.1, 0.15) is 0 Å². The third-order valence-corrected chi connectivity index (χ3v) is 4.22. The molecule has 2 heterocycles. The van der Waals surface area contributed by atoms with Crippen molar-refractivity contribution in [3.8, 4) is 0 Å². The SMILES string of the molecule is Cc1nc(CC(O)c2sccc2C)cs1. The second-order valence-corrected chi connectivity index (χ2v) is 5.56. The number of aliphatic hydroxyl groups excluding tert-OH is 1. The van der Waals surface area contributed by atoms with Gasteiger partial charge < -0.3 is 5.11 Å². The van der Waals surface area contributed by atoms with Gasteiger partial charge in [0.2, 0.25) is 0 Å². The lowest BCUT2D eigenvalue weighted by Crippen LogP contribution is -2.01. The van der Waals surface area contributed by atoms with Gasteiger partial charge in [0, 0.05) is 16.7 Å². The number of hydrogen-bond donors (Lipinski definition) is 1. The van der Waals surface area contributed by atoms with E-state index in [2.05, 4.69) is 4.98 Å². The molecule has 0 aliphatic heterocycles. The highest BCUT2D eigenvalue weighted by atomic mass is 32.1. The van der Waals surface area contributed by atoms with E-state index < -0.39 is 6.10 Å². The number of thiophene rings is 1. The topological polar surface area (TPSA) is 33.1 Å². The van der Waals surface area contributed by atoms with E-state index >= 15 is 0 Å². The average Bonchev–Trinajstić information content (AvgIpc) is 2.75. The van der Waals surface area contributed by atoms with Crippen LogP contribution in [0.1, 0.15) is 27.2 Å². The second-order valence-electron chi connectivity index (χ2n) is 3.55. The van der Waals surface area contributed by atoms with Crippen molar-refractivity contribution >= 4 is 22.7 Å². The summed E-state index contributed by atoms with van der Waals surface area (Å²) in [7, 11) is 0. The second kappa shape index (κ2) is 4.43. The van der Waals surface area contributed by atoms with Crippen LogP contribution in [-0.4, -0.2) is 10.1 Å². The minimum atomic E-state index is -0.411. The van der Waals surface area contributed by atoms with E-state index in [0.717, 1.165) is 15.6 Å². The summed E-state index contributed by atoms with van der Waals surface area (Å²) in [6.45, 7) is 4.01. The average molecular weight is 239 g/mol. The van der Waals surface area contributed by atoms with Crippen LogP contribution >= 0.6 is 22.7 Å². The predicted octanol–water partition coefficient (Wildman–Crippen LogP) is 3.10. The minimum absolute atomic E-state index is 0.411. The molecular formula is C11H13NOS2. The van der Waals surface area contributed by atoms with Crippen LogP contribution in [0.3, 0.4) is 0 Å². The Morgan fingerprint density at radius 3 is 2.73 bits per heavy atom. The molecule has 2 aromatic rings. The summed E-state index contributed by atoms with van der Waals surface area (Å²) < 4.78 is 0. The van der Waals surface area contributed by atoms with Gasteiger partial charge in [-0.25, -0.2) is 4.98 Å². The maximum Gasteiger partial charge on any atom is 0.0940 e. The van der Waals surface area contributed by atoms with Crippen molar-refractivity contribution in [2.75, 3.05) is 0 Å². The molecule has 0 fully saturated rings. The molecule has 1 N–H and O–H groups in total. The van der Waals surface area contributed by atoms with Gasteiger partial charge in [-0.05, 0) is 30.9 Å². The fourth-order valence-electron chi connectivity index (χ4n) is 1.52. The number of rotatable bonds is 3. The molecule has 0 amide bonds. The molecule has 0 aliphatic carbocycles. The Morgan fingerprint density at radius 2 is 2.20 bits per heavy atom. The van der Waals surface area contributed by atoms with Gasteiger partial charge in [0.25, 0.3) is 0 Å². The summed E-state index contributed by atoms with van der Waals surface area (Å²) in [4.78, 5) is 5.41. The number of nitrogens with zero attached hydrogens (tertiary/aromatic N) is 1. The van der Waals surface area contributed by atoms with Crippen LogP contribution in [0.25, 0.3) is 0 Å². The molecule has 4 heteroatoms. The molecular weight excluding hydrogens is 226 g/mol. The van der Waals surface area contributed by atoms with Crippen LogP contribution in [0.15, 0.2) is 16.8 Å². The highest BCUT2D eigenvalue weighted by Crippen LogP contribution is 2.26. The van der Waals surface area contributed by atoms with Crippen molar-refractivity contribution < 1.29 is 5.11 Å². The van der Waals surface area contributed by atoms with E-state index in [-0.39, 0.29) is 0 Å². The summed E-state index contributed by atoms with van der Waals surface area (Å²) >= 11 is 3.24. The van der Waals surface area contributed by atoms with Gasteiger partial charge in [0.15, 0.2) is 0 Å². The van der Waals surface area contributed by atoms with Crippen molar-refractivity contribution in [3.63, 3.8) is 0 Å². The third-order valence-electron chi connectivity index (χ3n) is 2.27. The minimum Gasteiger partial charge on any atom is -0.387 e.